The first-order valence-electron chi connectivity index (χ1n) is 4.81. The van der Waals surface area contributed by atoms with E-state index >= 15 is 0 Å². The number of nitrogens with one attached hydrogen (secondary N) is 1. The zero-order valence-electron chi connectivity index (χ0n) is 9.04. The Balaban J connectivity index is 2.03. The van der Waals surface area contributed by atoms with Crippen LogP contribution in [0.1, 0.15) is 18.0 Å². The van der Waals surface area contributed by atoms with Gasteiger partial charge in [-0.05, 0) is 6.92 Å². The Morgan fingerprint density at radius 3 is 2.62 bits per heavy atom. The molecule has 0 aliphatic rings. The van der Waals surface area contributed by atoms with Crippen LogP contribution >= 0.6 is 11.3 Å². The summed E-state index contributed by atoms with van der Waals surface area (Å²) in [5, 5.41) is 6.13. The Labute approximate surface area is 97.5 Å². The van der Waals surface area contributed by atoms with Crippen molar-refractivity contribution in [3.05, 3.63) is 29.0 Å². The summed E-state index contributed by atoms with van der Waals surface area (Å²) in [6.45, 7) is 2.02. The molecule has 0 aromatic carbocycles. The fourth-order valence-electron chi connectivity index (χ4n) is 1.20. The minimum atomic E-state index is 0.105. The summed E-state index contributed by atoms with van der Waals surface area (Å²) in [6, 6.07) is 0.105. The summed E-state index contributed by atoms with van der Waals surface area (Å²) in [6.07, 6.45) is 5.04. The Bertz CT molecular complexity index is 429. The fourth-order valence-corrected chi connectivity index (χ4v) is 1.85. The number of anilines is 1. The van der Waals surface area contributed by atoms with Crippen molar-refractivity contribution in [1.29, 1.82) is 0 Å². The van der Waals surface area contributed by atoms with Gasteiger partial charge in [-0.25, -0.2) is 15.0 Å². The first-order valence-corrected chi connectivity index (χ1v) is 5.69. The van der Waals surface area contributed by atoms with E-state index in [4.69, 9.17) is 4.74 Å². The highest BCUT2D eigenvalue weighted by Crippen LogP contribution is 2.18. The molecular weight excluding hydrogens is 224 g/mol. The molecule has 0 aliphatic carbocycles. The van der Waals surface area contributed by atoms with Gasteiger partial charge in [0, 0.05) is 11.6 Å². The monoisotopic (exact) mass is 236 g/mol. The molecule has 1 unspecified atom stereocenters. The van der Waals surface area contributed by atoms with Crippen molar-refractivity contribution < 1.29 is 4.74 Å². The molecule has 0 amide bonds. The van der Waals surface area contributed by atoms with Crippen LogP contribution < -0.4 is 10.1 Å². The molecular formula is C10H12N4OS. The van der Waals surface area contributed by atoms with Gasteiger partial charge >= 0.3 is 0 Å². The smallest absolute Gasteiger partial charge is 0.223 e. The van der Waals surface area contributed by atoms with Crippen molar-refractivity contribution in [2.24, 2.45) is 0 Å². The average molecular weight is 236 g/mol. The lowest BCUT2D eigenvalue weighted by Gasteiger charge is -2.10. The highest BCUT2D eigenvalue weighted by Gasteiger charge is 2.08. The first-order chi connectivity index (χ1) is 7.79. The first kappa shape index (κ1) is 10.8. The number of rotatable bonds is 4. The van der Waals surface area contributed by atoms with E-state index in [1.165, 1.54) is 0 Å². The van der Waals surface area contributed by atoms with E-state index in [2.05, 4.69) is 20.3 Å². The van der Waals surface area contributed by atoms with Crippen molar-refractivity contribution in [3.63, 3.8) is 0 Å². The molecule has 0 bridgehead atoms. The predicted molar refractivity (Wildman–Crippen MR) is 62.7 cm³/mol. The molecule has 0 saturated heterocycles. The van der Waals surface area contributed by atoms with Crippen LogP contribution in [-0.2, 0) is 0 Å². The Kier molecular flexibility index (Phi) is 3.31. The lowest BCUT2D eigenvalue weighted by Crippen LogP contribution is -2.08. The number of thiazole rings is 1. The molecule has 1 N–H and O–H groups in total. The van der Waals surface area contributed by atoms with Crippen LogP contribution in [0.15, 0.2) is 24.0 Å². The molecule has 0 fully saturated rings. The maximum Gasteiger partial charge on any atom is 0.223 e. The second-order valence-corrected chi connectivity index (χ2v) is 4.11. The molecule has 2 aromatic rings. The quantitative estimate of drug-likeness (QED) is 0.881. The third-order valence-corrected chi connectivity index (χ3v) is 2.99. The van der Waals surface area contributed by atoms with Crippen LogP contribution in [0.2, 0.25) is 0 Å². The molecule has 0 radical (unpaired) electrons. The van der Waals surface area contributed by atoms with Crippen LogP contribution in [0.25, 0.3) is 0 Å². The van der Waals surface area contributed by atoms with E-state index in [1.807, 2.05) is 12.3 Å². The highest BCUT2D eigenvalue weighted by molar-refractivity contribution is 7.09. The second kappa shape index (κ2) is 4.89. The molecule has 0 spiro atoms. The fraction of sp³-hybridized carbons (Fsp3) is 0.300. The highest BCUT2D eigenvalue weighted by atomic mass is 32.1. The van der Waals surface area contributed by atoms with Gasteiger partial charge in [-0.15, -0.1) is 11.3 Å². The molecule has 84 valence electrons. The van der Waals surface area contributed by atoms with Gasteiger partial charge < -0.3 is 10.1 Å². The Morgan fingerprint density at radius 1 is 1.31 bits per heavy atom. The third-order valence-electron chi connectivity index (χ3n) is 2.03. The number of ether oxygens (including phenoxy) is 1. The zero-order valence-corrected chi connectivity index (χ0v) is 9.86. The van der Waals surface area contributed by atoms with Gasteiger partial charge in [-0.1, -0.05) is 0 Å². The van der Waals surface area contributed by atoms with Crippen molar-refractivity contribution in [2.75, 3.05) is 12.4 Å². The molecule has 2 aromatic heterocycles. The van der Waals surface area contributed by atoms with E-state index in [-0.39, 0.29) is 6.04 Å². The molecule has 2 heterocycles. The Hall–Kier alpha value is -1.69. The summed E-state index contributed by atoms with van der Waals surface area (Å²) in [5.41, 5.74) is 0. The lowest BCUT2D eigenvalue weighted by atomic mass is 10.4. The van der Waals surface area contributed by atoms with E-state index in [1.54, 1.807) is 37.0 Å². The van der Waals surface area contributed by atoms with Gasteiger partial charge in [0.2, 0.25) is 5.95 Å². The number of methoxy groups -OCH3 is 1. The van der Waals surface area contributed by atoms with Gasteiger partial charge in [-0.2, -0.15) is 0 Å². The van der Waals surface area contributed by atoms with E-state index in [0.29, 0.717) is 11.7 Å². The average Bonchev–Trinajstić information content (AvgIpc) is 2.83. The van der Waals surface area contributed by atoms with Crippen LogP contribution in [-0.4, -0.2) is 22.1 Å². The number of aromatic nitrogens is 3. The summed E-state index contributed by atoms with van der Waals surface area (Å²) in [5.74, 6) is 1.22. The minimum absolute atomic E-state index is 0.105. The van der Waals surface area contributed by atoms with Gasteiger partial charge in [0.15, 0.2) is 5.75 Å². The normalized spacial score (nSPS) is 12.1. The molecule has 6 heteroatoms. The number of nitrogens with zero attached hydrogens (tertiary/aromatic N) is 3. The zero-order chi connectivity index (χ0) is 11.4. The third kappa shape index (κ3) is 2.46. The molecule has 16 heavy (non-hydrogen) atoms. The standard InChI is InChI=1S/C10H12N4OS/c1-7(9-11-3-4-16-9)14-10-12-5-8(15-2)6-13-10/h3-7H,1-2H3,(H,12,13,14). The van der Waals surface area contributed by atoms with E-state index < -0.39 is 0 Å². The van der Waals surface area contributed by atoms with Crippen LogP contribution in [0.3, 0.4) is 0 Å². The molecule has 2 rings (SSSR count). The van der Waals surface area contributed by atoms with E-state index in [9.17, 15) is 0 Å². The van der Waals surface area contributed by atoms with Gasteiger partial charge in [0.05, 0.1) is 25.5 Å². The van der Waals surface area contributed by atoms with Crippen LogP contribution in [0.4, 0.5) is 5.95 Å². The summed E-state index contributed by atoms with van der Waals surface area (Å²) in [7, 11) is 1.59. The number of hydrogen-bond donors (Lipinski definition) is 1. The van der Waals surface area contributed by atoms with Gasteiger partial charge in [0.1, 0.15) is 5.01 Å². The summed E-state index contributed by atoms with van der Waals surface area (Å²) < 4.78 is 4.98. The van der Waals surface area contributed by atoms with Crippen molar-refractivity contribution in [1.82, 2.24) is 15.0 Å². The Morgan fingerprint density at radius 2 is 2.06 bits per heavy atom. The van der Waals surface area contributed by atoms with Crippen molar-refractivity contribution >= 4 is 17.3 Å². The van der Waals surface area contributed by atoms with Gasteiger partial charge in [0.25, 0.3) is 0 Å². The maximum absolute atomic E-state index is 4.98. The summed E-state index contributed by atoms with van der Waals surface area (Å²) >= 11 is 1.60. The largest absolute Gasteiger partial charge is 0.494 e. The molecule has 0 saturated carbocycles. The van der Waals surface area contributed by atoms with Crippen LogP contribution in [0.5, 0.6) is 5.75 Å². The van der Waals surface area contributed by atoms with Crippen molar-refractivity contribution in [3.8, 4) is 5.75 Å². The van der Waals surface area contributed by atoms with E-state index in [0.717, 1.165) is 5.01 Å². The minimum Gasteiger partial charge on any atom is -0.494 e. The topological polar surface area (TPSA) is 59.9 Å². The number of hydrogen-bond acceptors (Lipinski definition) is 6. The summed E-state index contributed by atoms with van der Waals surface area (Å²) in [4.78, 5) is 12.5. The SMILES string of the molecule is COc1cnc(NC(C)c2nccs2)nc1. The lowest BCUT2D eigenvalue weighted by molar-refractivity contribution is 0.411. The molecule has 0 aliphatic heterocycles. The predicted octanol–water partition coefficient (Wildman–Crippen LogP) is 2.11. The second-order valence-electron chi connectivity index (χ2n) is 3.18. The molecule has 1 atom stereocenters. The van der Waals surface area contributed by atoms with Gasteiger partial charge in [-0.3, -0.25) is 0 Å². The maximum atomic E-state index is 4.98. The van der Waals surface area contributed by atoms with Crippen molar-refractivity contribution in [2.45, 2.75) is 13.0 Å². The molecule has 5 nitrogen and oxygen atoms in total. The van der Waals surface area contributed by atoms with Crippen LogP contribution in [0, 0.1) is 0 Å².